The van der Waals surface area contributed by atoms with Crippen LogP contribution in [0.4, 0.5) is 0 Å². The molecule has 1 aromatic carbocycles. The van der Waals surface area contributed by atoms with Crippen molar-refractivity contribution in [2.24, 2.45) is 5.92 Å². The molecule has 3 heteroatoms. The van der Waals surface area contributed by atoms with E-state index in [2.05, 4.69) is 55.1 Å². The van der Waals surface area contributed by atoms with Gasteiger partial charge in [-0.25, -0.2) is 0 Å². The molecule has 0 N–H and O–H groups in total. The Balaban J connectivity index is 2.06. The first-order valence-electron chi connectivity index (χ1n) is 6.52. The van der Waals surface area contributed by atoms with Crippen LogP contribution in [0.15, 0.2) is 42.7 Å². The van der Waals surface area contributed by atoms with Gasteiger partial charge in [-0.05, 0) is 23.7 Å². The van der Waals surface area contributed by atoms with E-state index in [9.17, 15) is 0 Å². The van der Waals surface area contributed by atoms with E-state index in [-0.39, 0.29) is 0 Å². The summed E-state index contributed by atoms with van der Waals surface area (Å²) in [4.78, 5) is 0. The number of rotatable bonds is 6. The quantitative estimate of drug-likeness (QED) is 0.780. The minimum Gasteiger partial charge on any atom is -0.272 e. The molecule has 1 unspecified atom stereocenters. The lowest BCUT2D eigenvalue weighted by molar-refractivity contribution is 0.427. The van der Waals surface area contributed by atoms with Gasteiger partial charge in [0.1, 0.15) is 0 Å². The molecule has 0 saturated heterocycles. The highest BCUT2D eigenvalue weighted by Gasteiger charge is 2.08. The lowest BCUT2D eigenvalue weighted by atomic mass is 10.1. The first-order chi connectivity index (χ1) is 8.83. The standard InChI is InChI=1S/C15H20N2S/c1-2-6-13(12-18)10-17-11-15(9-16-17)14-7-4-3-5-8-14/h3-5,7-9,11,13,18H,2,6,10,12H2,1H3. The van der Waals surface area contributed by atoms with Crippen LogP contribution in [0.3, 0.4) is 0 Å². The van der Waals surface area contributed by atoms with Gasteiger partial charge < -0.3 is 0 Å². The predicted octanol–water partition coefficient (Wildman–Crippen LogP) is 3.90. The molecule has 0 aliphatic carbocycles. The summed E-state index contributed by atoms with van der Waals surface area (Å²) < 4.78 is 2.04. The molecule has 0 aliphatic heterocycles. The van der Waals surface area contributed by atoms with Gasteiger partial charge >= 0.3 is 0 Å². The molecule has 18 heavy (non-hydrogen) atoms. The van der Waals surface area contributed by atoms with Gasteiger partial charge in [0.15, 0.2) is 0 Å². The maximum absolute atomic E-state index is 4.45. The van der Waals surface area contributed by atoms with E-state index >= 15 is 0 Å². The molecular formula is C15H20N2S. The molecule has 2 rings (SSSR count). The molecule has 2 nitrogen and oxygen atoms in total. The second kappa shape index (κ2) is 6.64. The van der Waals surface area contributed by atoms with Gasteiger partial charge in [0.25, 0.3) is 0 Å². The van der Waals surface area contributed by atoms with Crippen LogP contribution in [0.25, 0.3) is 11.1 Å². The van der Waals surface area contributed by atoms with Crippen molar-refractivity contribution in [2.45, 2.75) is 26.3 Å². The summed E-state index contributed by atoms with van der Waals surface area (Å²) in [6.45, 7) is 3.18. The molecule has 0 spiro atoms. The zero-order valence-electron chi connectivity index (χ0n) is 10.8. The number of thiol groups is 1. The molecular weight excluding hydrogens is 240 g/mol. The van der Waals surface area contributed by atoms with Crippen LogP contribution in [0.5, 0.6) is 0 Å². The number of hydrogen-bond donors (Lipinski definition) is 1. The van der Waals surface area contributed by atoms with E-state index in [0.29, 0.717) is 5.92 Å². The Morgan fingerprint density at radius 2 is 2.00 bits per heavy atom. The highest BCUT2D eigenvalue weighted by atomic mass is 32.1. The Morgan fingerprint density at radius 1 is 1.22 bits per heavy atom. The van der Waals surface area contributed by atoms with Crippen molar-refractivity contribution in [1.29, 1.82) is 0 Å². The second-order valence-corrected chi connectivity index (χ2v) is 5.02. The first kappa shape index (κ1) is 13.2. The molecule has 0 bridgehead atoms. The van der Waals surface area contributed by atoms with Crippen LogP contribution < -0.4 is 0 Å². The van der Waals surface area contributed by atoms with E-state index in [1.54, 1.807) is 0 Å². The van der Waals surface area contributed by atoms with Crippen molar-refractivity contribution in [2.75, 3.05) is 5.75 Å². The molecule has 2 aromatic rings. The molecule has 0 aliphatic rings. The SMILES string of the molecule is CCCC(CS)Cn1cc(-c2ccccc2)cn1. The largest absolute Gasteiger partial charge is 0.272 e. The third kappa shape index (κ3) is 3.39. The van der Waals surface area contributed by atoms with Crippen molar-refractivity contribution < 1.29 is 0 Å². The Kier molecular flexibility index (Phi) is 4.88. The van der Waals surface area contributed by atoms with Gasteiger partial charge in [-0.2, -0.15) is 17.7 Å². The molecule has 0 fully saturated rings. The molecule has 0 radical (unpaired) electrons. The van der Waals surface area contributed by atoms with Crippen molar-refractivity contribution in [1.82, 2.24) is 9.78 Å². The summed E-state index contributed by atoms with van der Waals surface area (Å²) in [6.07, 6.45) is 6.49. The Hall–Kier alpha value is -1.22. The van der Waals surface area contributed by atoms with Gasteiger partial charge in [0.05, 0.1) is 6.20 Å². The van der Waals surface area contributed by atoms with Gasteiger partial charge in [0, 0.05) is 18.3 Å². The Labute approximate surface area is 114 Å². The van der Waals surface area contributed by atoms with Crippen LogP contribution in [0.1, 0.15) is 19.8 Å². The highest BCUT2D eigenvalue weighted by Crippen LogP contribution is 2.19. The average Bonchev–Trinajstić information content (AvgIpc) is 2.88. The van der Waals surface area contributed by atoms with Gasteiger partial charge in [-0.15, -0.1) is 0 Å². The third-order valence-electron chi connectivity index (χ3n) is 3.14. The Morgan fingerprint density at radius 3 is 2.67 bits per heavy atom. The fourth-order valence-corrected chi connectivity index (χ4v) is 2.45. The monoisotopic (exact) mass is 260 g/mol. The van der Waals surface area contributed by atoms with E-state index in [1.165, 1.54) is 24.0 Å². The smallest absolute Gasteiger partial charge is 0.0568 e. The van der Waals surface area contributed by atoms with Gasteiger partial charge in [0.2, 0.25) is 0 Å². The van der Waals surface area contributed by atoms with E-state index in [4.69, 9.17) is 0 Å². The highest BCUT2D eigenvalue weighted by molar-refractivity contribution is 7.80. The molecule has 96 valence electrons. The minimum absolute atomic E-state index is 0.613. The molecule has 1 aromatic heterocycles. The number of aromatic nitrogens is 2. The molecule has 0 amide bonds. The topological polar surface area (TPSA) is 17.8 Å². The summed E-state index contributed by atoms with van der Waals surface area (Å²) in [5.74, 6) is 1.54. The van der Waals surface area contributed by atoms with Crippen LogP contribution in [-0.2, 0) is 6.54 Å². The van der Waals surface area contributed by atoms with E-state index < -0.39 is 0 Å². The first-order valence-corrected chi connectivity index (χ1v) is 7.15. The summed E-state index contributed by atoms with van der Waals surface area (Å²) in [7, 11) is 0. The van der Waals surface area contributed by atoms with Crippen LogP contribution in [0, 0.1) is 5.92 Å². The average molecular weight is 260 g/mol. The minimum atomic E-state index is 0.613. The maximum atomic E-state index is 4.45. The lowest BCUT2D eigenvalue weighted by Crippen LogP contribution is -2.12. The zero-order chi connectivity index (χ0) is 12.8. The van der Waals surface area contributed by atoms with Gasteiger partial charge in [-0.1, -0.05) is 43.7 Å². The number of benzene rings is 1. The van der Waals surface area contributed by atoms with Crippen LogP contribution >= 0.6 is 12.6 Å². The van der Waals surface area contributed by atoms with E-state index in [0.717, 1.165) is 12.3 Å². The second-order valence-electron chi connectivity index (χ2n) is 4.65. The fourth-order valence-electron chi connectivity index (χ4n) is 2.16. The van der Waals surface area contributed by atoms with Crippen molar-refractivity contribution in [3.8, 4) is 11.1 Å². The van der Waals surface area contributed by atoms with Crippen LogP contribution in [-0.4, -0.2) is 15.5 Å². The van der Waals surface area contributed by atoms with Gasteiger partial charge in [-0.3, -0.25) is 4.68 Å². The van der Waals surface area contributed by atoms with Crippen molar-refractivity contribution in [3.63, 3.8) is 0 Å². The zero-order valence-corrected chi connectivity index (χ0v) is 11.7. The number of nitrogens with zero attached hydrogens (tertiary/aromatic N) is 2. The molecule has 1 atom stereocenters. The van der Waals surface area contributed by atoms with Crippen molar-refractivity contribution >= 4 is 12.6 Å². The lowest BCUT2D eigenvalue weighted by Gasteiger charge is -2.12. The summed E-state index contributed by atoms with van der Waals surface area (Å²) >= 11 is 4.42. The summed E-state index contributed by atoms with van der Waals surface area (Å²) in [6, 6.07) is 10.4. The van der Waals surface area contributed by atoms with Crippen molar-refractivity contribution in [3.05, 3.63) is 42.7 Å². The summed E-state index contributed by atoms with van der Waals surface area (Å²) in [5.41, 5.74) is 2.41. The number of hydrogen-bond acceptors (Lipinski definition) is 2. The third-order valence-corrected chi connectivity index (χ3v) is 3.66. The maximum Gasteiger partial charge on any atom is 0.0568 e. The normalized spacial score (nSPS) is 12.6. The predicted molar refractivity (Wildman–Crippen MR) is 79.9 cm³/mol. The summed E-state index contributed by atoms with van der Waals surface area (Å²) in [5, 5.41) is 4.45. The Bertz CT molecular complexity index is 464. The molecule has 0 saturated carbocycles. The molecule has 1 heterocycles. The van der Waals surface area contributed by atoms with E-state index in [1.807, 2.05) is 16.9 Å². The van der Waals surface area contributed by atoms with Crippen LogP contribution in [0.2, 0.25) is 0 Å². The fraction of sp³-hybridized carbons (Fsp3) is 0.400.